The number of carbonyl (C=O) groups is 1. The van der Waals surface area contributed by atoms with Gasteiger partial charge in [-0.1, -0.05) is 18.2 Å². The van der Waals surface area contributed by atoms with Crippen LogP contribution in [0.4, 0.5) is 0 Å². The summed E-state index contributed by atoms with van der Waals surface area (Å²) in [5, 5.41) is 0. The number of benzene rings is 1. The van der Waals surface area contributed by atoms with Crippen LogP contribution in [0.25, 0.3) is 0 Å². The first-order valence-electron chi connectivity index (χ1n) is 5.38. The zero-order chi connectivity index (χ0) is 10.7. The number of nitrogens with one attached hydrogen (secondary N) is 2. The molecule has 80 valence electrons. The van der Waals surface area contributed by atoms with Crippen molar-refractivity contribution < 1.29 is 4.79 Å². The van der Waals surface area contributed by atoms with Gasteiger partial charge in [-0.2, -0.15) is 0 Å². The van der Waals surface area contributed by atoms with Crippen molar-refractivity contribution in [3.05, 3.63) is 35.9 Å². The molecule has 1 fully saturated rings. The maximum absolute atomic E-state index is 11.6. The van der Waals surface area contributed by atoms with Gasteiger partial charge in [-0.3, -0.25) is 10.2 Å². The van der Waals surface area contributed by atoms with E-state index in [1.54, 1.807) is 12.1 Å². The predicted molar refractivity (Wildman–Crippen MR) is 59.2 cm³/mol. The van der Waals surface area contributed by atoms with E-state index >= 15 is 0 Å². The molecule has 15 heavy (non-hydrogen) atoms. The van der Waals surface area contributed by atoms with Gasteiger partial charge in [0.2, 0.25) is 0 Å². The molecule has 0 aliphatic heterocycles. The number of amides is 1. The molecule has 1 aromatic rings. The van der Waals surface area contributed by atoms with Crippen LogP contribution in [-0.2, 0) is 0 Å². The summed E-state index contributed by atoms with van der Waals surface area (Å²) in [5.74, 6) is 0.671. The Bertz CT molecular complexity index is 333. The molecule has 1 aromatic carbocycles. The quantitative estimate of drug-likeness (QED) is 0.733. The summed E-state index contributed by atoms with van der Waals surface area (Å²) >= 11 is 0. The summed E-state index contributed by atoms with van der Waals surface area (Å²) in [6, 6.07) is 9.60. The monoisotopic (exact) mass is 204 g/mol. The van der Waals surface area contributed by atoms with Crippen LogP contribution in [0, 0.1) is 5.92 Å². The summed E-state index contributed by atoms with van der Waals surface area (Å²) in [7, 11) is 0. The molecule has 0 heterocycles. The van der Waals surface area contributed by atoms with Crippen LogP contribution >= 0.6 is 0 Å². The molecule has 2 rings (SSSR count). The van der Waals surface area contributed by atoms with Gasteiger partial charge in [-0.15, -0.1) is 0 Å². The molecule has 2 N–H and O–H groups in total. The molecule has 3 nitrogen and oxygen atoms in total. The first kappa shape index (κ1) is 10.2. The third-order valence-corrected chi connectivity index (χ3v) is 2.78. The average Bonchev–Trinajstić information content (AvgIpc) is 3.10. The second-order valence-corrected chi connectivity index (χ2v) is 4.09. The fraction of sp³-hybridized carbons (Fsp3) is 0.417. The van der Waals surface area contributed by atoms with E-state index in [1.165, 1.54) is 12.8 Å². The Balaban J connectivity index is 1.82. The maximum Gasteiger partial charge on any atom is 0.265 e. The number of rotatable bonds is 4. The lowest BCUT2D eigenvalue weighted by Gasteiger charge is -2.13. The number of hydrogen-bond donors (Lipinski definition) is 2. The van der Waals surface area contributed by atoms with E-state index in [-0.39, 0.29) is 5.91 Å². The molecule has 1 aliphatic carbocycles. The van der Waals surface area contributed by atoms with E-state index in [2.05, 4.69) is 17.8 Å². The Kier molecular flexibility index (Phi) is 3.02. The van der Waals surface area contributed by atoms with E-state index in [9.17, 15) is 4.79 Å². The summed E-state index contributed by atoms with van der Waals surface area (Å²) in [5.41, 5.74) is 6.46. The van der Waals surface area contributed by atoms with Crippen molar-refractivity contribution in [2.75, 3.05) is 0 Å². The first-order valence-corrected chi connectivity index (χ1v) is 5.38. The molecule has 1 saturated carbocycles. The van der Waals surface area contributed by atoms with Crippen molar-refractivity contribution >= 4 is 5.91 Å². The maximum atomic E-state index is 11.6. The van der Waals surface area contributed by atoms with Gasteiger partial charge in [0.15, 0.2) is 0 Å². The highest BCUT2D eigenvalue weighted by atomic mass is 16.2. The van der Waals surface area contributed by atoms with Crippen LogP contribution in [0.5, 0.6) is 0 Å². The predicted octanol–water partition coefficient (Wildman–Crippen LogP) is 1.72. The molecule has 0 bridgehead atoms. The van der Waals surface area contributed by atoms with Gasteiger partial charge in [0.05, 0.1) is 0 Å². The van der Waals surface area contributed by atoms with Crippen molar-refractivity contribution in [3.63, 3.8) is 0 Å². The lowest BCUT2D eigenvalue weighted by atomic mass is 10.2. The molecule has 0 spiro atoms. The van der Waals surface area contributed by atoms with Gasteiger partial charge < -0.3 is 0 Å². The Morgan fingerprint density at radius 2 is 2.00 bits per heavy atom. The zero-order valence-electron chi connectivity index (χ0n) is 8.86. The minimum atomic E-state index is -0.0666. The van der Waals surface area contributed by atoms with Gasteiger partial charge in [0.1, 0.15) is 0 Å². The summed E-state index contributed by atoms with van der Waals surface area (Å²) in [6.07, 6.45) is 2.55. The van der Waals surface area contributed by atoms with Crippen molar-refractivity contribution in [3.8, 4) is 0 Å². The number of hydrogen-bond acceptors (Lipinski definition) is 2. The highest BCUT2D eigenvalue weighted by Crippen LogP contribution is 2.31. The Morgan fingerprint density at radius 3 is 2.60 bits per heavy atom. The summed E-state index contributed by atoms with van der Waals surface area (Å²) in [6.45, 7) is 2.10. The molecular weight excluding hydrogens is 188 g/mol. The fourth-order valence-corrected chi connectivity index (χ4v) is 1.56. The lowest BCUT2D eigenvalue weighted by Crippen LogP contribution is -2.43. The van der Waals surface area contributed by atoms with Crippen molar-refractivity contribution in [2.45, 2.75) is 25.8 Å². The second kappa shape index (κ2) is 4.45. The summed E-state index contributed by atoms with van der Waals surface area (Å²) in [4.78, 5) is 11.6. The van der Waals surface area contributed by atoms with Crippen LogP contribution in [0.1, 0.15) is 30.1 Å². The molecule has 0 radical (unpaired) electrons. The van der Waals surface area contributed by atoms with Gasteiger partial charge >= 0.3 is 0 Å². The van der Waals surface area contributed by atoms with Gasteiger partial charge in [0.25, 0.3) is 5.91 Å². The van der Waals surface area contributed by atoms with Gasteiger partial charge in [0, 0.05) is 11.6 Å². The molecule has 0 aromatic heterocycles. The van der Waals surface area contributed by atoms with E-state index < -0.39 is 0 Å². The number of carbonyl (C=O) groups excluding carboxylic acids is 1. The largest absolute Gasteiger partial charge is 0.287 e. The Labute approximate surface area is 89.8 Å². The minimum Gasteiger partial charge on any atom is -0.287 e. The number of hydrazine groups is 1. The third-order valence-electron chi connectivity index (χ3n) is 2.78. The SMILES string of the molecule is CC(NNC(=O)c1ccccc1)C1CC1. The Hall–Kier alpha value is -1.35. The fourth-order valence-electron chi connectivity index (χ4n) is 1.56. The topological polar surface area (TPSA) is 41.1 Å². The standard InChI is InChI=1S/C12H16N2O/c1-9(10-7-8-10)13-14-12(15)11-5-3-2-4-6-11/h2-6,9-10,13H,7-8H2,1H3,(H,14,15). The molecule has 1 amide bonds. The highest BCUT2D eigenvalue weighted by molar-refractivity contribution is 5.93. The minimum absolute atomic E-state index is 0.0666. The van der Waals surface area contributed by atoms with E-state index in [4.69, 9.17) is 0 Å². The van der Waals surface area contributed by atoms with Crippen LogP contribution in [0.2, 0.25) is 0 Å². The smallest absolute Gasteiger partial charge is 0.265 e. The molecule has 1 unspecified atom stereocenters. The third kappa shape index (κ3) is 2.80. The van der Waals surface area contributed by atoms with Crippen LogP contribution in [-0.4, -0.2) is 11.9 Å². The normalized spacial score (nSPS) is 17.1. The first-order chi connectivity index (χ1) is 7.27. The molecule has 1 aliphatic rings. The van der Waals surface area contributed by atoms with Crippen molar-refractivity contribution in [2.24, 2.45) is 5.92 Å². The second-order valence-electron chi connectivity index (χ2n) is 4.09. The molecule has 1 atom stereocenters. The van der Waals surface area contributed by atoms with E-state index in [0.29, 0.717) is 11.6 Å². The zero-order valence-corrected chi connectivity index (χ0v) is 8.86. The van der Waals surface area contributed by atoms with E-state index in [0.717, 1.165) is 5.92 Å². The lowest BCUT2D eigenvalue weighted by molar-refractivity contribution is 0.0924. The van der Waals surface area contributed by atoms with Gasteiger partial charge in [-0.25, -0.2) is 5.43 Å². The van der Waals surface area contributed by atoms with Crippen molar-refractivity contribution in [1.82, 2.24) is 10.9 Å². The molecule has 3 heteroatoms. The average molecular weight is 204 g/mol. The Morgan fingerprint density at radius 1 is 1.33 bits per heavy atom. The van der Waals surface area contributed by atoms with Crippen LogP contribution < -0.4 is 10.9 Å². The summed E-state index contributed by atoms with van der Waals surface area (Å²) < 4.78 is 0. The van der Waals surface area contributed by atoms with E-state index in [1.807, 2.05) is 18.2 Å². The molecule has 0 saturated heterocycles. The highest BCUT2D eigenvalue weighted by Gasteiger charge is 2.27. The van der Waals surface area contributed by atoms with Gasteiger partial charge in [-0.05, 0) is 37.8 Å². The molecular formula is C12H16N2O. The van der Waals surface area contributed by atoms with Crippen LogP contribution in [0.3, 0.4) is 0 Å². The van der Waals surface area contributed by atoms with Crippen molar-refractivity contribution in [1.29, 1.82) is 0 Å². The van der Waals surface area contributed by atoms with Crippen LogP contribution in [0.15, 0.2) is 30.3 Å².